The van der Waals surface area contributed by atoms with Crippen LogP contribution in [0.1, 0.15) is 30.7 Å². The fourth-order valence-electron chi connectivity index (χ4n) is 1.98. The van der Waals surface area contributed by atoms with Crippen LogP contribution in [0.2, 0.25) is 0 Å². The molecule has 0 amide bonds. The van der Waals surface area contributed by atoms with E-state index < -0.39 is 10.0 Å². The first kappa shape index (κ1) is 17.7. The number of hydrogen-bond acceptors (Lipinski definition) is 6. The standard InChI is InChI=1S/C12H21N5O2S2/c1-4-8-9(5-2)16-17-12(10(8)11(13)20)14-6-7-15-21(3,18)19/h15H,4-7H2,1-3H3,(H2,13,20)(H,14,17). The highest BCUT2D eigenvalue weighted by Gasteiger charge is 2.16. The number of aromatic nitrogens is 2. The molecule has 0 atom stereocenters. The van der Waals surface area contributed by atoms with Gasteiger partial charge in [-0.1, -0.05) is 26.1 Å². The molecule has 0 radical (unpaired) electrons. The number of aryl methyl sites for hydroxylation is 1. The highest BCUT2D eigenvalue weighted by atomic mass is 32.2. The number of thiocarbonyl (C=S) groups is 1. The van der Waals surface area contributed by atoms with Gasteiger partial charge in [-0.2, -0.15) is 5.10 Å². The zero-order chi connectivity index (χ0) is 16.0. The number of nitrogens with one attached hydrogen (secondary N) is 2. The van der Waals surface area contributed by atoms with E-state index in [4.69, 9.17) is 18.0 Å². The number of sulfonamides is 1. The predicted octanol–water partition coefficient (Wildman–Crippen LogP) is 0.197. The van der Waals surface area contributed by atoms with Gasteiger partial charge in [-0.15, -0.1) is 5.10 Å². The van der Waals surface area contributed by atoms with Crippen molar-refractivity contribution < 1.29 is 8.42 Å². The van der Waals surface area contributed by atoms with Crippen molar-refractivity contribution in [1.29, 1.82) is 0 Å². The molecule has 0 aliphatic carbocycles. The maximum atomic E-state index is 11.0. The van der Waals surface area contributed by atoms with Crippen LogP contribution in [-0.2, 0) is 22.9 Å². The molecule has 0 saturated heterocycles. The summed E-state index contributed by atoms with van der Waals surface area (Å²) < 4.78 is 24.4. The maximum Gasteiger partial charge on any atom is 0.208 e. The fraction of sp³-hybridized carbons (Fsp3) is 0.583. The van der Waals surface area contributed by atoms with E-state index in [1.807, 2.05) is 13.8 Å². The minimum atomic E-state index is -3.21. The Morgan fingerprint density at radius 2 is 1.90 bits per heavy atom. The van der Waals surface area contributed by atoms with Gasteiger partial charge in [0, 0.05) is 13.1 Å². The average molecular weight is 331 g/mol. The van der Waals surface area contributed by atoms with Gasteiger partial charge in [0.15, 0.2) is 5.82 Å². The molecule has 0 fully saturated rings. The van der Waals surface area contributed by atoms with Gasteiger partial charge in [0.2, 0.25) is 10.0 Å². The summed E-state index contributed by atoms with van der Waals surface area (Å²) in [6.45, 7) is 4.61. The molecule has 7 nitrogen and oxygen atoms in total. The van der Waals surface area contributed by atoms with Crippen LogP contribution in [0.5, 0.6) is 0 Å². The largest absolute Gasteiger partial charge is 0.389 e. The van der Waals surface area contributed by atoms with Gasteiger partial charge in [-0.25, -0.2) is 13.1 Å². The Morgan fingerprint density at radius 3 is 2.38 bits per heavy atom. The van der Waals surface area contributed by atoms with Gasteiger partial charge in [-0.3, -0.25) is 0 Å². The van der Waals surface area contributed by atoms with Crippen LogP contribution in [0, 0.1) is 0 Å². The first-order valence-corrected chi connectivity index (χ1v) is 8.96. The van der Waals surface area contributed by atoms with E-state index in [-0.39, 0.29) is 11.5 Å². The topological polar surface area (TPSA) is 110 Å². The molecule has 1 aromatic heterocycles. The number of anilines is 1. The molecule has 118 valence electrons. The lowest BCUT2D eigenvalue weighted by atomic mass is 10.0. The second-order valence-electron chi connectivity index (χ2n) is 4.51. The minimum Gasteiger partial charge on any atom is -0.389 e. The second-order valence-corrected chi connectivity index (χ2v) is 6.79. The third kappa shape index (κ3) is 5.18. The predicted molar refractivity (Wildman–Crippen MR) is 88.0 cm³/mol. The summed E-state index contributed by atoms with van der Waals surface area (Å²) in [6.07, 6.45) is 2.61. The Balaban J connectivity index is 2.94. The van der Waals surface area contributed by atoms with Gasteiger partial charge in [0.05, 0.1) is 17.5 Å². The van der Waals surface area contributed by atoms with Gasteiger partial charge in [0.25, 0.3) is 0 Å². The first-order valence-electron chi connectivity index (χ1n) is 6.66. The summed E-state index contributed by atoms with van der Waals surface area (Å²) in [5, 5.41) is 11.3. The first-order chi connectivity index (χ1) is 9.80. The summed E-state index contributed by atoms with van der Waals surface area (Å²) in [6, 6.07) is 0. The minimum absolute atomic E-state index is 0.244. The molecular weight excluding hydrogens is 310 g/mol. The van der Waals surface area contributed by atoms with Gasteiger partial charge < -0.3 is 11.1 Å². The van der Waals surface area contributed by atoms with Crippen LogP contribution in [0.3, 0.4) is 0 Å². The van der Waals surface area contributed by atoms with Crippen LogP contribution in [-0.4, -0.2) is 42.9 Å². The van der Waals surface area contributed by atoms with Crippen molar-refractivity contribution >= 4 is 33.0 Å². The van der Waals surface area contributed by atoms with Crippen molar-refractivity contribution in [3.8, 4) is 0 Å². The van der Waals surface area contributed by atoms with Crippen LogP contribution in [0.4, 0.5) is 5.82 Å². The fourth-order valence-corrected chi connectivity index (χ4v) is 2.67. The quantitative estimate of drug-likeness (QED) is 0.461. The molecular formula is C12H21N5O2S2. The Bertz CT molecular complexity index is 616. The summed E-state index contributed by atoms with van der Waals surface area (Å²) in [4.78, 5) is 0.259. The van der Waals surface area contributed by atoms with Crippen LogP contribution >= 0.6 is 12.2 Å². The second kappa shape index (κ2) is 7.62. The summed E-state index contributed by atoms with van der Waals surface area (Å²) >= 11 is 5.11. The van der Waals surface area contributed by atoms with E-state index >= 15 is 0 Å². The van der Waals surface area contributed by atoms with Gasteiger partial charge in [0.1, 0.15) is 4.99 Å². The van der Waals surface area contributed by atoms with Crippen LogP contribution in [0.15, 0.2) is 0 Å². The van der Waals surface area contributed by atoms with E-state index in [0.717, 1.165) is 30.4 Å². The van der Waals surface area contributed by atoms with Crippen molar-refractivity contribution in [2.45, 2.75) is 26.7 Å². The van der Waals surface area contributed by atoms with E-state index in [0.29, 0.717) is 17.9 Å². The number of rotatable bonds is 8. The van der Waals surface area contributed by atoms with E-state index in [2.05, 4.69) is 20.2 Å². The Hall–Kier alpha value is -1.32. The zero-order valence-electron chi connectivity index (χ0n) is 12.4. The summed E-state index contributed by atoms with van der Waals surface area (Å²) in [7, 11) is -3.21. The monoisotopic (exact) mass is 331 g/mol. The molecule has 21 heavy (non-hydrogen) atoms. The Morgan fingerprint density at radius 1 is 1.24 bits per heavy atom. The van der Waals surface area contributed by atoms with E-state index in [1.54, 1.807) is 0 Å². The number of hydrogen-bond donors (Lipinski definition) is 3. The summed E-state index contributed by atoms with van der Waals surface area (Å²) in [5.74, 6) is 0.492. The smallest absolute Gasteiger partial charge is 0.208 e. The lowest BCUT2D eigenvalue weighted by Gasteiger charge is -2.15. The highest BCUT2D eigenvalue weighted by molar-refractivity contribution is 7.88. The van der Waals surface area contributed by atoms with E-state index in [9.17, 15) is 8.42 Å². The molecule has 0 spiro atoms. The molecule has 0 aliphatic heterocycles. The lowest BCUT2D eigenvalue weighted by molar-refractivity contribution is 0.589. The SMILES string of the molecule is CCc1nnc(NCCNS(C)(=O)=O)c(C(N)=S)c1CC. The average Bonchev–Trinajstić information content (AvgIpc) is 2.41. The van der Waals surface area contributed by atoms with Crippen molar-refractivity contribution in [3.05, 3.63) is 16.8 Å². The van der Waals surface area contributed by atoms with Crippen LogP contribution < -0.4 is 15.8 Å². The van der Waals surface area contributed by atoms with Gasteiger partial charge in [-0.05, 0) is 18.4 Å². The zero-order valence-corrected chi connectivity index (χ0v) is 14.1. The van der Waals surface area contributed by atoms with Crippen molar-refractivity contribution in [2.24, 2.45) is 5.73 Å². The number of nitrogens with zero attached hydrogens (tertiary/aromatic N) is 2. The molecule has 0 bridgehead atoms. The van der Waals surface area contributed by atoms with Crippen molar-refractivity contribution in [1.82, 2.24) is 14.9 Å². The summed E-state index contributed by atoms with van der Waals surface area (Å²) in [5.41, 5.74) is 8.35. The third-order valence-electron chi connectivity index (χ3n) is 2.87. The van der Waals surface area contributed by atoms with Crippen molar-refractivity contribution in [3.63, 3.8) is 0 Å². The molecule has 0 unspecified atom stereocenters. The number of nitrogens with two attached hydrogens (primary N) is 1. The molecule has 9 heteroatoms. The molecule has 4 N–H and O–H groups in total. The lowest BCUT2D eigenvalue weighted by Crippen LogP contribution is -2.29. The molecule has 0 aliphatic rings. The van der Waals surface area contributed by atoms with Gasteiger partial charge >= 0.3 is 0 Å². The molecule has 1 rings (SSSR count). The Kier molecular flexibility index (Phi) is 6.43. The molecule has 1 heterocycles. The highest BCUT2D eigenvalue weighted by Crippen LogP contribution is 2.20. The maximum absolute atomic E-state index is 11.0. The normalized spacial score (nSPS) is 11.4. The molecule has 0 aromatic carbocycles. The third-order valence-corrected chi connectivity index (χ3v) is 3.81. The molecule has 0 saturated carbocycles. The Labute approximate surface area is 130 Å². The van der Waals surface area contributed by atoms with E-state index in [1.165, 1.54) is 0 Å². The van der Waals surface area contributed by atoms with Crippen molar-refractivity contribution in [2.75, 3.05) is 24.7 Å². The molecule has 1 aromatic rings. The van der Waals surface area contributed by atoms with Crippen LogP contribution in [0.25, 0.3) is 0 Å².